The molecule has 3 aromatic rings. The number of hydrogen-bond acceptors (Lipinski definition) is 6. The molecule has 0 aliphatic heterocycles. The molecule has 0 heterocycles. The Hall–Kier alpha value is -3.17. The first-order valence-corrected chi connectivity index (χ1v) is 12.3. The Balaban J connectivity index is 2.00. The molecule has 9 heteroatoms. The van der Waals surface area contributed by atoms with Crippen molar-refractivity contribution in [3.05, 3.63) is 72.8 Å². The molecule has 32 heavy (non-hydrogen) atoms. The fourth-order valence-electron chi connectivity index (χ4n) is 3.04. The Labute approximate surface area is 192 Å². The quantitative estimate of drug-likeness (QED) is 0.469. The predicted octanol–water partition coefficient (Wildman–Crippen LogP) is 4.26. The number of methoxy groups -OCH3 is 2. The Kier molecular flexibility index (Phi) is 7.66. The van der Waals surface area contributed by atoms with Gasteiger partial charge < -0.3 is 14.8 Å². The molecule has 0 saturated heterocycles. The predicted molar refractivity (Wildman–Crippen MR) is 127 cm³/mol. The summed E-state index contributed by atoms with van der Waals surface area (Å²) in [5.41, 5.74) is 0.811. The molecular weight excluding hydrogens is 448 g/mol. The summed E-state index contributed by atoms with van der Waals surface area (Å²) in [4.78, 5) is 14.0. The van der Waals surface area contributed by atoms with Crippen LogP contribution in [-0.2, 0) is 14.8 Å². The molecule has 0 bridgehead atoms. The number of benzene rings is 3. The number of amides is 1. The molecule has 0 atom stereocenters. The van der Waals surface area contributed by atoms with Gasteiger partial charge in [0.15, 0.2) is 0 Å². The third-order valence-corrected chi connectivity index (χ3v) is 7.13. The van der Waals surface area contributed by atoms with Crippen molar-refractivity contribution in [3.63, 3.8) is 0 Å². The zero-order valence-corrected chi connectivity index (χ0v) is 19.6. The average Bonchev–Trinajstić information content (AvgIpc) is 2.82. The fourth-order valence-corrected chi connectivity index (χ4v) is 4.95. The molecule has 1 N–H and O–H groups in total. The fraction of sp³-hybridized carbons (Fsp3) is 0.174. The molecular formula is C23H24N2O5S2. The number of nitrogens with zero attached hydrogens (tertiary/aromatic N) is 1. The highest BCUT2D eigenvalue weighted by atomic mass is 32.2. The molecule has 0 radical (unpaired) electrons. The van der Waals surface area contributed by atoms with E-state index >= 15 is 0 Å². The number of anilines is 2. The third-order valence-electron chi connectivity index (χ3n) is 4.63. The van der Waals surface area contributed by atoms with Crippen molar-refractivity contribution in [2.45, 2.75) is 9.79 Å². The van der Waals surface area contributed by atoms with Gasteiger partial charge in [-0.15, -0.1) is 11.8 Å². The van der Waals surface area contributed by atoms with Crippen molar-refractivity contribution >= 4 is 39.1 Å². The number of carbonyl (C=O) groups excluding carboxylic acids is 1. The molecule has 3 aromatic carbocycles. The van der Waals surface area contributed by atoms with Gasteiger partial charge in [-0.3, -0.25) is 9.10 Å². The van der Waals surface area contributed by atoms with Gasteiger partial charge in [-0.2, -0.15) is 0 Å². The number of rotatable bonds is 9. The van der Waals surface area contributed by atoms with Crippen LogP contribution >= 0.6 is 11.8 Å². The maximum absolute atomic E-state index is 13.5. The van der Waals surface area contributed by atoms with Crippen molar-refractivity contribution in [1.29, 1.82) is 0 Å². The molecule has 0 aromatic heterocycles. The topological polar surface area (TPSA) is 84.9 Å². The van der Waals surface area contributed by atoms with E-state index in [1.165, 1.54) is 26.4 Å². The van der Waals surface area contributed by atoms with E-state index in [9.17, 15) is 13.2 Å². The van der Waals surface area contributed by atoms with Crippen molar-refractivity contribution in [2.75, 3.05) is 36.6 Å². The number of ether oxygens (including phenoxy) is 2. The zero-order chi connectivity index (χ0) is 23.1. The van der Waals surface area contributed by atoms with Crippen molar-refractivity contribution in [3.8, 4) is 11.5 Å². The largest absolute Gasteiger partial charge is 0.497 e. The van der Waals surface area contributed by atoms with Crippen LogP contribution in [0.2, 0.25) is 0 Å². The van der Waals surface area contributed by atoms with Gasteiger partial charge in [-0.1, -0.05) is 24.3 Å². The van der Waals surface area contributed by atoms with E-state index in [4.69, 9.17) is 9.47 Å². The van der Waals surface area contributed by atoms with Gasteiger partial charge in [-0.05, 0) is 48.7 Å². The summed E-state index contributed by atoms with van der Waals surface area (Å²) in [6.07, 6.45) is 1.94. The summed E-state index contributed by atoms with van der Waals surface area (Å²) in [6.45, 7) is -0.441. The van der Waals surface area contributed by atoms with Gasteiger partial charge in [0.25, 0.3) is 10.0 Å². The number of nitrogens with one attached hydrogen (secondary N) is 1. The second-order valence-corrected chi connectivity index (χ2v) is 9.38. The van der Waals surface area contributed by atoms with Crippen LogP contribution in [0.25, 0.3) is 0 Å². The second kappa shape index (κ2) is 10.4. The van der Waals surface area contributed by atoms with E-state index in [-0.39, 0.29) is 16.3 Å². The third kappa shape index (κ3) is 5.35. The second-order valence-electron chi connectivity index (χ2n) is 6.64. The standard InChI is InChI=1S/C23H24N2O5S2/c1-29-18-12-13-21(22(15-18)30-2)25(32(27,28)20-10-5-4-6-11-20)16-23(26)24-17-8-7-9-19(14-17)31-3/h4-15H,16H2,1-3H3,(H,24,26). The van der Waals surface area contributed by atoms with Gasteiger partial charge in [0, 0.05) is 16.6 Å². The molecule has 3 rings (SSSR count). The first-order valence-electron chi connectivity index (χ1n) is 9.62. The van der Waals surface area contributed by atoms with E-state index < -0.39 is 22.5 Å². The Morgan fingerprint density at radius 2 is 1.72 bits per heavy atom. The summed E-state index contributed by atoms with van der Waals surface area (Å²) in [5.74, 6) is 0.280. The maximum atomic E-state index is 13.5. The number of hydrogen-bond donors (Lipinski definition) is 1. The van der Waals surface area contributed by atoms with Gasteiger partial charge in [0.2, 0.25) is 5.91 Å². The van der Waals surface area contributed by atoms with Gasteiger partial charge in [0.05, 0.1) is 24.8 Å². The van der Waals surface area contributed by atoms with Crippen LogP contribution in [0.15, 0.2) is 82.6 Å². The van der Waals surface area contributed by atoms with Gasteiger partial charge in [0.1, 0.15) is 18.0 Å². The lowest BCUT2D eigenvalue weighted by molar-refractivity contribution is -0.114. The lowest BCUT2D eigenvalue weighted by atomic mass is 10.2. The molecule has 0 spiro atoms. The molecule has 168 valence electrons. The Bertz CT molecular complexity index is 1180. The lowest BCUT2D eigenvalue weighted by Crippen LogP contribution is -2.38. The molecule has 0 unspecified atom stereocenters. The highest BCUT2D eigenvalue weighted by Crippen LogP contribution is 2.35. The molecule has 0 aliphatic carbocycles. The van der Waals surface area contributed by atoms with Crippen molar-refractivity contribution in [2.24, 2.45) is 0 Å². The summed E-state index contributed by atoms with van der Waals surface area (Å²) >= 11 is 1.54. The van der Waals surface area contributed by atoms with Crippen LogP contribution in [0.1, 0.15) is 0 Å². The monoisotopic (exact) mass is 472 g/mol. The highest BCUT2D eigenvalue weighted by Gasteiger charge is 2.29. The van der Waals surface area contributed by atoms with Gasteiger partial charge >= 0.3 is 0 Å². The summed E-state index contributed by atoms with van der Waals surface area (Å²) in [6, 6.07) is 20.0. The minimum absolute atomic E-state index is 0.0649. The van der Waals surface area contributed by atoms with E-state index in [1.807, 2.05) is 24.5 Å². The normalized spacial score (nSPS) is 11.0. The number of sulfonamides is 1. The van der Waals surface area contributed by atoms with Crippen LogP contribution in [0, 0.1) is 0 Å². The summed E-state index contributed by atoms with van der Waals surface area (Å²) in [7, 11) is -1.13. The smallest absolute Gasteiger partial charge is 0.264 e. The molecule has 0 saturated carbocycles. The van der Waals surface area contributed by atoms with Crippen LogP contribution in [-0.4, -0.2) is 41.3 Å². The van der Waals surface area contributed by atoms with Crippen LogP contribution < -0.4 is 19.1 Å². The van der Waals surface area contributed by atoms with Crippen molar-refractivity contribution < 1.29 is 22.7 Å². The summed E-state index contributed by atoms with van der Waals surface area (Å²) in [5, 5.41) is 2.78. The zero-order valence-electron chi connectivity index (χ0n) is 17.9. The van der Waals surface area contributed by atoms with Gasteiger partial charge in [-0.25, -0.2) is 8.42 Å². The maximum Gasteiger partial charge on any atom is 0.264 e. The van der Waals surface area contributed by atoms with Crippen LogP contribution in [0.5, 0.6) is 11.5 Å². The van der Waals surface area contributed by atoms with Crippen LogP contribution in [0.4, 0.5) is 11.4 Å². The molecule has 7 nitrogen and oxygen atoms in total. The average molecular weight is 473 g/mol. The Morgan fingerprint density at radius 1 is 0.969 bits per heavy atom. The summed E-state index contributed by atoms with van der Waals surface area (Å²) < 4.78 is 38.7. The first-order chi connectivity index (χ1) is 15.4. The van der Waals surface area contributed by atoms with E-state index in [2.05, 4.69) is 5.32 Å². The van der Waals surface area contributed by atoms with E-state index in [0.29, 0.717) is 11.4 Å². The van der Waals surface area contributed by atoms with E-state index in [1.54, 1.807) is 54.2 Å². The molecule has 0 fully saturated rings. The highest BCUT2D eigenvalue weighted by molar-refractivity contribution is 7.98. The number of carbonyl (C=O) groups is 1. The lowest BCUT2D eigenvalue weighted by Gasteiger charge is -2.26. The molecule has 1 amide bonds. The SMILES string of the molecule is COc1ccc(N(CC(=O)Nc2cccc(SC)c2)S(=O)(=O)c2ccccc2)c(OC)c1. The molecule has 0 aliphatic rings. The Morgan fingerprint density at radius 3 is 2.38 bits per heavy atom. The first kappa shape index (κ1) is 23.5. The minimum Gasteiger partial charge on any atom is -0.497 e. The number of thioether (sulfide) groups is 1. The minimum atomic E-state index is -4.06. The van der Waals surface area contributed by atoms with Crippen LogP contribution in [0.3, 0.4) is 0 Å². The van der Waals surface area contributed by atoms with Crippen molar-refractivity contribution in [1.82, 2.24) is 0 Å². The van der Waals surface area contributed by atoms with E-state index in [0.717, 1.165) is 9.20 Å².